The molecule has 0 aliphatic carbocycles. The van der Waals surface area contributed by atoms with Gasteiger partial charge in [-0.2, -0.15) is 0 Å². The van der Waals surface area contributed by atoms with Gasteiger partial charge >= 0.3 is 0 Å². The maximum absolute atomic E-state index is 11.4. The number of nitrogens with two attached hydrogens (primary N) is 1. The number of aromatic amines is 1. The number of benzene rings is 1. The third kappa shape index (κ3) is 2.55. The number of carbonyl (C=O) groups excluding carboxylic acids is 2. The molecule has 1 aromatic heterocycles. The van der Waals surface area contributed by atoms with Gasteiger partial charge in [0.05, 0.1) is 11.2 Å². The summed E-state index contributed by atoms with van der Waals surface area (Å²) in [4.78, 5) is 32.1. The summed E-state index contributed by atoms with van der Waals surface area (Å²) in [6, 6.07) is 5.51. The number of nitrogens with one attached hydrogen (secondary N) is 1. The van der Waals surface area contributed by atoms with Gasteiger partial charge in [-0.25, -0.2) is 15.8 Å². The van der Waals surface area contributed by atoms with Crippen molar-refractivity contribution in [3.63, 3.8) is 0 Å². The lowest BCUT2D eigenvalue weighted by Gasteiger charge is -2.30. The molecule has 0 spiro atoms. The molecule has 22 heavy (non-hydrogen) atoms. The van der Waals surface area contributed by atoms with Crippen LogP contribution in [-0.2, 0) is 9.59 Å². The van der Waals surface area contributed by atoms with Crippen LogP contribution in [0.15, 0.2) is 18.2 Å². The minimum Gasteiger partial charge on any atom is -0.343 e. The first kappa shape index (κ1) is 14.5. The Morgan fingerprint density at radius 3 is 2.82 bits per heavy atom. The van der Waals surface area contributed by atoms with Crippen LogP contribution >= 0.6 is 0 Å². The number of anilines is 1. The molecule has 3 N–H and O–H groups in total. The van der Waals surface area contributed by atoms with E-state index in [0.29, 0.717) is 23.5 Å². The van der Waals surface area contributed by atoms with Gasteiger partial charge in [-0.3, -0.25) is 9.59 Å². The summed E-state index contributed by atoms with van der Waals surface area (Å²) in [6.45, 7) is 3.10. The molecule has 0 atom stereocenters. The van der Waals surface area contributed by atoms with Gasteiger partial charge in [-0.1, -0.05) is 6.07 Å². The molecule has 1 aliphatic rings. The van der Waals surface area contributed by atoms with Crippen molar-refractivity contribution in [2.75, 3.05) is 18.1 Å². The number of imidazole rings is 1. The number of amides is 2. The van der Waals surface area contributed by atoms with Gasteiger partial charge in [0.2, 0.25) is 12.3 Å². The number of hydrogen-bond donors (Lipinski definition) is 2. The molecule has 7 heteroatoms. The van der Waals surface area contributed by atoms with E-state index in [1.54, 1.807) is 13.0 Å². The standard InChI is InChI=1S/C15H19N5O2/c1-10(22)19-7-5-11(6-8-19)15-17-12-3-2-4-13(14(12)18-15)20(16)9-21/h2-4,9,11H,5-8,16H2,1H3,(H,17,18). The van der Waals surface area contributed by atoms with Crippen molar-refractivity contribution in [3.8, 4) is 0 Å². The molecule has 7 nitrogen and oxygen atoms in total. The summed E-state index contributed by atoms with van der Waals surface area (Å²) in [5.41, 5.74) is 2.14. The largest absolute Gasteiger partial charge is 0.343 e. The van der Waals surface area contributed by atoms with Crippen LogP contribution in [0.4, 0.5) is 5.69 Å². The van der Waals surface area contributed by atoms with E-state index < -0.39 is 0 Å². The normalized spacial score (nSPS) is 16.0. The molecular formula is C15H19N5O2. The lowest BCUT2D eigenvalue weighted by molar-refractivity contribution is -0.129. The van der Waals surface area contributed by atoms with Crippen LogP contribution in [-0.4, -0.2) is 40.3 Å². The Labute approximate surface area is 128 Å². The predicted octanol–water partition coefficient (Wildman–Crippen LogP) is 1.13. The summed E-state index contributed by atoms with van der Waals surface area (Å²) in [6.07, 6.45) is 2.33. The Morgan fingerprint density at radius 1 is 1.45 bits per heavy atom. The average molecular weight is 301 g/mol. The second kappa shape index (κ2) is 5.76. The number of H-pyrrole nitrogens is 1. The van der Waals surface area contributed by atoms with E-state index >= 15 is 0 Å². The molecule has 0 bridgehead atoms. The molecule has 1 aromatic carbocycles. The van der Waals surface area contributed by atoms with Crippen LogP contribution in [0.3, 0.4) is 0 Å². The topological polar surface area (TPSA) is 95.3 Å². The van der Waals surface area contributed by atoms with Crippen molar-refractivity contribution in [2.45, 2.75) is 25.7 Å². The van der Waals surface area contributed by atoms with Crippen molar-refractivity contribution in [1.82, 2.24) is 14.9 Å². The number of hydrogen-bond acceptors (Lipinski definition) is 4. The van der Waals surface area contributed by atoms with E-state index in [1.165, 1.54) is 0 Å². The van der Waals surface area contributed by atoms with Crippen LogP contribution in [0.25, 0.3) is 11.0 Å². The molecule has 1 saturated heterocycles. The molecule has 3 rings (SSSR count). The zero-order valence-corrected chi connectivity index (χ0v) is 12.5. The number of fused-ring (bicyclic) bond motifs is 1. The summed E-state index contributed by atoms with van der Waals surface area (Å²) in [5, 5.41) is 1.03. The van der Waals surface area contributed by atoms with Crippen molar-refractivity contribution in [2.24, 2.45) is 5.84 Å². The van der Waals surface area contributed by atoms with E-state index in [2.05, 4.69) is 9.97 Å². The molecule has 0 unspecified atom stereocenters. The molecule has 2 heterocycles. The van der Waals surface area contributed by atoms with Crippen LogP contribution in [0.1, 0.15) is 31.5 Å². The fraction of sp³-hybridized carbons (Fsp3) is 0.400. The lowest BCUT2D eigenvalue weighted by Crippen LogP contribution is -2.36. The fourth-order valence-electron chi connectivity index (χ4n) is 2.96. The molecular weight excluding hydrogens is 282 g/mol. The number of hydrazine groups is 1. The highest BCUT2D eigenvalue weighted by atomic mass is 16.2. The maximum Gasteiger partial charge on any atom is 0.228 e. The first-order valence-corrected chi connectivity index (χ1v) is 7.33. The van der Waals surface area contributed by atoms with Gasteiger partial charge in [0.15, 0.2) is 0 Å². The Hall–Kier alpha value is -2.41. The summed E-state index contributed by atoms with van der Waals surface area (Å²) in [5.74, 6) is 6.97. The average Bonchev–Trinajstić information content (AvgIpc) is 2.98. The van der Waals surface area contributed by atoms with E-state index in [0.717, 1.165) is 42.3 Å². The molecule has 0 radical (unpaired) electrons. The molecule has 1 aliphatic heterocycles. The SMILES string of the molecule is CC(=O)N1CCC(c2nc3c(N(N)C=O)cccc3[nH]2)CC1. The number of piperidine rings is 1. The maximum atomic E-state index is 11.4. The monoisotopic (exact) mass is 301 g/mol. The van der Waals surface area contributed by atoms with E-state index in [9.17, 15) is 9.59 Å². The first-order chi connectivity index (χ1) is 10.6. The smallest absolute Gasteiger partial charge is 0.228 e. The zero-order valence-electron chi connectivity index (χ0n) is 12.5. The number of nitrogens with zero attached hydrogens (tertiary/aromatic N) is 3. The number of para-hydroxylation sites is 1. The van der Waals surface area contributed by atoms with Crippen molar-refractivity contribution in [3.05, 3.63) is 24.0 Å². The predicted molar refractivity (Wildman–Crippen MR) is 83.1 cm³/mol. The zero-order chi connectivity index (χ0) is 15.7. The molecule has 2 amide bonds. The third-order valence-corrected chi connectivity index (χ3v) is 4.23. The number of likely N-dealkylation sites (tertiary alicyclic amines) is 1. The summed E-state index contributed by atoms with van der Waals surface area (Å²) < 4.78 is 0. The third-order valence-electron chi connectivity index (χ3n) is 4.23. The van der Waals surface area contributed by atoms with Gasteiger partial charge in [0.25, 0.3) is 0 Å². The highest BCUT2D eigenvalue weighted by Crippen LogP contribution is 2.30. The van der Waals surface area contributed by atoms with Gasteiger partial charge in [0.1, 0.15) is 11.3 Å². The van der Waals surface area contributed by atoms with Crippen molar-refractivity contribution in [1.29, 1.82) is 0 Å². The number of rotatable bonds is 3. The van der Waals surface area contributed by atoms with E-state index in [-0.39, 0.29) is 5.91 Å². The molecule has 1 fully saturated rings. The van der Waals surface area contributed by atoms with E-state index in [1.807, 2.05) is 17.0 Å². The number of aromatic nitrogens is 2. The van der Waals surface area contributed by atoms with E-state index in [4.69, 9.17) is 5.84 Å². The Bertz CT molecular complexity index is 703. The van der Waals surface area contributed by atoms with Gasteiger partial charge < -0.3 is 9.88 Å². The highest BCUT2D eigenvalue weighted by Gasteiger charge is 2.24. The fourth-order valence-corrected chi connectivity index (χ4v) is 2.96. The molecule has 116 valence electrons. The molecule has 0 saturated carbocycles. The Kier molecular flexibility index (Phi) is 3.81. The van der Waals surface area contributed by atoms with Gasteiger partial charge in [0, 0.05) is 25.9 Å². The second-order valence-corrected chi connectivity index (χ2v) is 5.59. The van der Waals surface area contributed by atoms with Gasteiger partial charge in [-0.05, 0) is 25.0 Å². The Morgan fingerprint density at radius 2 is 2.18 bits per heavy atom. The number of carbonyl (C=O) groups is 2. The van der Waals surface area contributed by atoms with Crippen LogP contribution in [0, 0.1) is 0 Å². The second-order valence-electron chi connectivity index (χ2n) is 5.59. The molecule has 2 aromatic rings. The van der Waals surface area contributed by atoms with Crippen molar-refractivity contribution >= 4 is 29.0 Å². The highest BCUT2D eigenvalue weighted by molar-refractivity contribution is 5.93. The summed E-state index contributed by atoms with van der Waals surface area (Å²) >= 11 is 0. The van der Waals surface area contributed by atoms with Crippen LogP contribution < -0.4 is 10.9 Å². The van der Waals surface area contributed by atoms with Gasteiger partial charge in [-0.15, -0.1) is 0 Å². The minimum absolute atomic E-state index is 0.120. The minimum atomic E-state index is 0.120. The van der Waals surface area contributed by atoms with Crippen molar-refractivity contribution < 1.29 is 9.59 Å². The first-order valence-electron chi connectivity index (χ1n) is 7.33. The quantitative estimate of drug-likeness (QED) is 0.384. The Balaban J connectivity index is 1.87. The lowest BCUT2D eigenvalue weighted by atomic mass is 9.96. The van der Waals surface area contributed by atoms with Crippen LogP contribution in [0.2, 0.25) is 0 Å². The van der Waals surface area contributed by atoms with Crippen LogP contribution in [0.5, 0.6) is 0 Å². The summed E-state index contributed by atoms with van der Waals surface area (Å²) in [7, 11) is 0.